The Morgan fingerprint density at radius 2 is 2.09 bits per heavy atom. The highest BCUT2D eigenvalue weighted by atomic mass is 32.1. The van der Waals surface area contributed by atoms with Crippen molar-refractivity contribution >= 4 is 17.6 Å². The fourth-order valence-corrected chi connectivity index (χ4v) is 2.88. The number of aromatic nitrogens is 1. The molecule has 3 aromatic rings. The van der Waals surface area contributed by atoms with Crippen LogP contribution in [-0.4, -0.2) is 24.5 Å². The number of ether oxygens (including phenoxy) is 1. The zero-order valence-electron chi connectivity index (χ0n) is 13.0. The van der Waals surface area contributed by atoms with Crippen LogP contribution in [0.5, 0.6) is 5.75 Å². The predicted molar refractivity (Wildman–Crippen MR) is 92.1 cm³/mol. The van der Waals surface area contributed by atoms with Gasteiger partial charge in [0.2, 0.25) is 4.80 Å². The van der Waals surface area contributed by atoms with E-state index in [1.165, 1.54) is 11.3 Å². The van der Waals surface area contributed by atoms with Crippen LogP contribution in [0.3, 0.4) is 0 Å². The highest BCUT2D eigenvalue weighted by Crippen LogP contribution is 2.20. The van der Waals surface area contributed by atoms with Crippen LogP contribution in [0.1, 0.15) is 12.5 Å². The summed E-state index contributed by atoms with van der Waals surface area (Å²) in [6.45, 7) is 2.63. The minimum atomic E-state index is 0.659. The Balaban J connectivity index is 1.91. The molecule has 2 aromatic heterocycles. The average Bonchev–Trinajstić information content (AvgIpc) is 3.23. The van der Waals surface area contributed by atoms with Crippen molar-refractivity contribution in [3.8, 4) is 17.2 Å². The van der Waals surface area contributed by atoms with Crippen molar-refractivity contribution in [2.75, 3.05) is 13.7 Å². The Bertz CT molecular complexity index is 843. The molecule has 0 saturated heterocycles. The van der Waals surface area contributed by atoms with Crippen LogP contribution in [-0.2, 0) is 0 Å². The zero-order chi connectivity index (χ0) is 16.1. The number of nitrogens with zero attached hydrogens (tertiary/aromatic N) is 3. The molecule has 23 heavy (non-hydrogen) atoms. The summed E-state index contributed by atoms with van der Waals surface area (Å²) in [4.78, 5) is 5.06. The molecule has 6 heteroatoms. The van der Waals surface area contributed by atoms with E-state index < -0.39 is 0 Å². The van der Waals surface area contributed by atoms with Gasteiger partial charge in [0.05, 0.1) is 19.1 Å². The van der Waals surface area contributed by atoms with Crippen LogP contribution in [0.4, 0.5) is 0 Å². The van der Waals surface area contributed by atoms with Crippen LogP contribution >= 0.6 is 11.3 Å². The molecular weight excluding hydrogens is 310 g/mol. The molecule has 0 amide bonds. The van der Waals surface area contributed by atoms with E-state index in [2.05, 4.69) is 10.1 Å². The molecule has 0 bridgehead atoms. The largest absolute Gasteiger partial charge is 0.494 e. The molecule has 0 spiro atoms. The van der Waals surface area contributed by atoms with Gasteiger partial charge in [-0.3, -0.25) is 4.99 Å². The zero-order valence-corrected chi connectivity index (χ0v) is 13.8. The first kappa shape index (κ1) is 15.3. The molecule has 1 aromatic carbocycles. The number of rotatable bonds is 5. The summed E-state index contributed by atoms with van der Waals surface area (Å²) < 4.78 is 12.7. The van der Waals surface area contributed by atoms with Crippen molar-refractivity contribution in [2.45, 2.75) is 6.92 Å². The Morgan fingerprint density at radius 1 is 1.26 bits per heavy atom. The van der Waals surface area contributed by atoms with Gasteiger partial charge in [-0.1, -0.05) is 0 Å². The number of hydrogen-bond acceptors (Lipinski definition) is 5. The van der Waals surface area contributed by atoms with Gasteiger partial charge in [0.1, 0.15) is 11.4 Å². The summed E-state index contributed by atoms with van der Waals surface area (Å²) >= 11 is 1.52. The quantitative estimate of drug-likeness (QED) is 0.672. The minimum Gasteiger partial charge on any atom is -0.494 e. The molecule has 0 aliphatic heterocycles. The summed E-state index contributed by atoms with van der Waals surface area (Å²) in [6.07, 6.45) is 3.44. The van der Waals surface area contributed by atoms with Crippen LogP contribution in [0.15, 0.2) is 62.6 Å². The maximum absolute atomic E-state index is 5.47. The molecule has 5 nitrogen and oxygen atoms in total. The molecule has 0 N–H and O–H groups in total. The number of hydrogen-bond donors (Lipinski definition) is 0. The normalized spacial score (nSPS) is 12.2. The van der Waals surface area contributed by atoms with E-state index in [1.807, 2.05) is 48.7 Å². The van der Waals surface area contributed by atoms with Gasteiger partial charge in [0.15, 0.2) is 5.76 Å². The third kappa shape index (κ3) is 3.43. The van der Waals surface area contributed by atoms with Gasteiger partial charge >= 0.3 is 0 Å². The summed E-state index contributed by atoms with van der Waals surface area (Å²) in [6, 6.07) is 11.6. The van der Waals surface area contributed by atoms with E-state index in [9.17, 15) is 0 Å². The Kier molecular flexibility index (Phi) is 4.73. The maximum Gasteiger partial charge on any atom is 0.206 e. The fourth-order valence-electron chi connectivity index (χ4n) is 2.10. The van der Waals surface area contributed by atoms with E-state index >= 15 is 0 Å². The maximum atomic E-state index is 5.47. The van der Waals surface area contributed by atoms with Gasteiger partial charge in [-0.25, -0.2) is 4.68 Å². The summed E-state index contributed by atoms with van der Waals surface area (Å²) in [5.41, 5.74) is 1.86. The second-order valence-electron chi connectivity index (χ2n) is 4.66. The summed E-state index contributed by atoms with van der Waals surface area (Å²) in [5, 5.41) is 6.53. The SMILES string of the molecule is CCOc1ccc(C=Nn2c(-c3ccco3)csc2=NC)cc1. The molecule has 0 aliphatic carbocycles. The van der Waals surface area contributed by atoms with Crippen LogP contribution in [0, 0.1) is 0 Å². The number of benzene rings is 1. The number of thiazole rings is 1. The van der Waals surface area contributed by atoms with Gasteiger partial charge in [0, 0.05) is 12.4 Å². The molecule has 0 fully saturated rings. The third-order valence-electron chi connectivity index (χ3n) is 3.16. The molecule has 118 valence electrons. The Morgan fingerprint density at radius 3 is 2.74 bits per heavy atom. The summed E-state index contributed by atoms with van der Waals surface area (Å²) in [5.74, 6) is 1.62. The Hall–Kier alpha value is -2.60. The molecule has 3 rings (SSSR count). The Labute approximate surface area is 138 Å². The van der Waals surface area contributed by atoms with Gasteiger partial charge in [-0.2, -0.15) is 5.10 Å². The van der Waals surface area contributed by atoms with Crippen LogP contribution < -0.4 is 9.54 Å². The molecule has 0 saturated carbocycles. The van der Waals surface area contributed by atoms with E-state index in [-0.39, 0.29) is 0 Å². The minimum absolute atomic E-state index is 0.659. The second-order valence-corrected chi connectivity index (χ2v) is 5.50. The second kappa shape index (κ2) is 7.11. The van der Waals surface area contributed by atoms with Crippen molar-refractivity contribution in [3.05, 3.63) is 58.4 Å². The van der Waals surface area contributed by atoms with Gasteiger partial charge in [-0.15, -0.1) is 11.3 Å². The lowest BCUT2D eigenvalue weighted by Gasteiger charge is -2.03. The van der Waals surface area contributed by atoms with E-state index in [1.54, 1.807) is 24.2 Å². The highest BCUT2D eigenvalue weighted by molar-refractivity contribution is 7.07. The van der Waals surface area contributed by atoms with Crippen LogP contribution in [0.2, 0.25) is 0 Å². The van der Waals surface area contributed by atoms with Crippen LogP contribution in [0.25, 0.3) is 11.5 Å². The third-order valence-corrected chi connectivity index (χ3v) is 4.07. The van der Waals surface area contributed by atoms with Gasteiger partial charge in [-0.05, 0) is 48.9 Å². The van der Waals surface area contributed by atoms with Crippen molar-refractivity contribution < 1.29 is 9.15 Å². The topological polar surface area (TPSA) is 52.0 Å². The lowest BCUT2D eigenvalue weighted by atomic mass is 10.2. The fraction of sp³-hybridized carbons (Fsp3) is 0.176. The number of furan rings is 1. The van der Waals surface area contributed by atoms with Crippen molar-refractivity contribution in [3.63, 3.8) is 0 Å². The lowest BCUT2D eigenvalue weighted by Crippen LogP contribution is -2.11. The van der Waals surface area contributed by atoms with Crippen molar-refractivity contribution in [1.82, 2.24) is 4.68 Å². The molecular formula is C17H17N3O2S. The predicted octanol–water partition coefficient (Wildman–Crippen LogP) is 3.62. The summed E-state index contributed by atoms with van der Waals surface area (Å²) in [7, 11) is 1.75. The van der Waals surface area contributed by atoms with Crippen molar-refractivity contribution in [2.24, 2.45) is 10.1 Å². The monoisotopic (exact) mass is 327 g/mol. The first-order valence-electron chi connectivity index (χ1n) is 7.26. The van der Waals surface area contributed by atoms with E-state index in [4.69, 9.17) is 9.15 Å². The van der Waals surface area contributed by atoms with Crippen molar-refractivity contribution in [1.29, 1.82) is 0 Å². The average molecular weight is 327 g/mol. The molecule has 0 unspecified atom stereocenters. The first-order valence-corrected chi connectivity index (χ1v) is 8.14. The lowest BCUT2D eigenvalue weighted by molar-refractivity contribution is 0.340. The van der Waals surface area contributed by atoms with Gasteiger partial charge < -0.3 is 9.15 Å². The smallest absolute Gasteiger partial charge is 0.206 e. The molecule has 0 radical (unpaired) electrons. The molecule has 0 aliphatic rings. The van der Waals surface area contributed by atoms with E-state index in [0.29, 0.717) is 6.61 Å². The van der Waals surface area contributed by atoms with E-state index in [0.717, 1.165) is 27.6 Å². The molecule has 2 heterocycles. The molecule has 0 atom stereocenters. The van der Waals surface area contributed by atoms with Gasteiger partial charge in [0.25, 0.3) is 0 Å². The highest BCUT2D eigenvalue weighted by Gasteiger charge is 2.09. The standard InChI is InChI=1S/C17H17N3O2S/c1-3-21-14-8-6-13(7-9-14)11-19-20-15(12-23-17(20)18-2)16-5-4-10-22-16/h4-12H,3H2,1-2H3. The first-order chi connectivity index (χ1) is 11.3.